The molecule has 0 atom stereocenters. The number of nitrogens with one attached hydrogen (secondary N) is 1. The lowest BCUT2D eigenvalue weighted by Crippen LogP contribution is -2.38. The third-order valence-corrected chi connectivity index (χ3v) is 2.90. The first-order chi connectivity index (χ1) is 9.94. The van der Waals surface area contributed by atoms with Gasteiger partial charge in [0, 0.05) is 6.54 Å². The standard InChI is InChI=1S/C13H15F4NO3/c1-19-9-4-8(5-10-11(9)21-3-2-20-10)6-18-7-13(16,17)12(14)15/h4-5,12,18H,2-3,6-7H2,1H3. The van der Waals surface area contributed by atoms with Crippen molar-refractivity contribution in [3.8, 4) is 17.2 Å². The Bertz CT molecular complexity index is 479. The highest BCUT2D eigenvalue weighted by Gasteiger charge is 2.40. The van der Waals surface area contributed by atoms with Crippen molar-refractivity contribution in [2.75, 3.05) is 26.9 Å². The van der Waals surface area contributed by atoms with Crippen molar-refractivity contribution in [1.29, 1.82) is 0 Å². The van der Waals surface area contributed by atoms with Gasteiger partial charge in [-0.2, -0.15) is 8.78 Å². The molecule has 8 heteroatoms. The average molecular weight is 309 g/mol. The van der Waals surface area contributed by atoms with Crippen molar-refractivity contribution in [3.63, 3.8) is 0 Å². The van der Waals surface area contributed by atoms with E-state index < -0.39 is 18.9 Å². The highest BCUT2D eigenvalue weighted by molar-refractivity contribution is 5.54. The highest BCUT2D eigenvalue weighted by Crippen LogP contribution is 2.40. The van der Waals surface area contributed by atoms with E-state index in [9.17, 15) is 17.6 Å². The summed E-state index contributed by atoms with van der Waals surface area (Å²) in [5.41, 5.74) is 0.571. The molecule has 2 rings (SSSR count). The van der Waals surface area contributed by atoms with Crippen LogP contribution in [0.2, 0.25) is 0 Å². The minimum absolute atomic E-state index is 0.0185. The molecule has 1 heterocycles. The molecule has 0 unspecified atom stereocenters. The van der Waals surface area contributed by atoms with Gasteiger partial charge >= 0.3 is 12.3 Å². The number of fused-ring (bicyclic) bond motifs is 1. The molecule has 4 nitrogen and oxygen atoms in total. The van der Waals surface area contributed by atoms with Crippen LogP contribution in [0.4, 0.5) is 17.6 Å². The number of methoxy groups -OCH3 is 1. The summed E-state index contributed by atoms with van der Waals surface area (Å²) in [5.74, 6) is -2.76. The second kappa shape index (κ2) is 6.38. The second-order valence-electron chi connectivity index (χ2n) is 4.49. The van der Waals surface area contributed by atoms with Gasteiger partial charge in [0.2, 0.25) is 5.75 Å². The number of hydrogen-bond acceptors (Lipinski definition) is 4. The Hall–Kier alpha value is -1.70. The zero-order valence-electron chi connectivity index (χ0n) is 11.3. The van der Waals surface area contributed by atoms with E-state index in [1.807, 2.05) is 0 Å². The van der Waals surface area contributed by atoms with Crippen LogP contribution in [-0.4, -0.2) is 39.2 Å². The Morgan fingerprint density at radius 1 is 1.29 bits per heavy atom. The molecule has 0 aliphatic carbocycles. The van der Waals surface area contributed by atoms with Gasteiger partial charge in [0.1, 0.15) is 13.2 Å². The van der Waals surface area contributed by atoms with Crippen molar-refractivity contribution >= 4 is 0 Å². The lowest BCUT2D eigenvalue weighted by Gasteiger charge is -2.22. The lowest BCUT2D eigenvalue weighted by atomic mass is 10.1. The van der Waals surface area contributed by atoms with Crippen LogP contribution in [0.5, 0.6) is 17.2 Å². The maximum absolute atomic E-state index is 12.8. The normalized spacial score (nSPS) is 14.4. The highest BCUT2D eigenvalue weighted by atomic mass is 19.3. The molecule has 0 amide bonds. The van der Waals surface area contributed by atoms with Gasteiger partial charge < -0.3 is 19.5 Å². The van der Waals surface area contributed by atoms with Crippen LogP contribution in [-0.2, 0) is 6.54 Å². The largest absolute Gasteiger partial charge is 0.493 e. The number of halogens is 4. The van der Waals surface area contributed by atoms with Crippen LogP contribution in [0.25, 0.3) is 0 Å². The molecule has 1 N–H and O–H groups in total. The Balaban J connectivity index is 2.04. The van der Waals surface area contributed by atoms with Gasteiger partial charge in [-0.15, -0.1) is 0 Å². The molecule has 0 bridgehead atoms. The maximum Gasteiger partial charge on any atom is 0.319 e. The Kier molecular flexibility index (Phi) is 4.76. The molecule has 21 heavy (non-hydrogen) atoms. The summed E-state index contributed by atoms with van der Waals surface area (Å²) in [5, 5.41) is 2.30. The predicted octanol–water partition coefficient (Wildman–Crippen LogP) is 2.46. The summed E-state index contributed by atoms with van der Waals surface area (Å²) >= 11 is 0. The van der Waals surface area contributed by atoms with Crippen LogP contribution in [0, 0.1) is 0 Å². The molecule has 0 spiro atoms. The first-order valence-corrected chi connectivity index (χ1v) is 6.27. The van der Waals surface area contributed by atoms with E-state index in [2.05, 4.69) is 5.32 Å². The van der Waals surface area contributed by atoms with Crippen LogP contribution >= 0.6 is 0 Å². The van der Waals surface area contributed by atoms with E-state index in [4.69, 9.17) is 14.2 Å². The van der Waals surface area contributed by atoms with Crippen molar-refractivity contribution in [1.82, 2.24) is 5.32 Å². The molecule has 0 aromatic heterocycles. The molecule has 0 saturated heterocycles. The summed E-state index contributed by atoms with van der Waals surface area (Å²) in [7, 11) is 1.44. The monoisotopic (exact) mass is 309 g/mol. The Morgan fingerprint density at radius 2 is 2.00 bits per heavy atom. The van der Waals surface area contributed by atoms with E-state index in [0.717, 1.165) is 0 Å². The summed E-state index contributed by atoms with van der Waals surface area (Å²) in [6.45, 7) is -0.366. The lowest BCUT2D eigenvalue weighted by molar-refractivity contribution is -0.125. The third-order valence-electron chi connectivity index (χ3n) is 2.90. The van der Waals surface area contributed by atoms with E-state index in [-0.39, 0.29) is 6.54 Å². The van der Waals surface area contributed by atoms with Crippen LogP contribution in [0.3, 0.4) is 0 Å². The Labute approximate surface area is 119 Å². The smallest absolute Gasteiger partial charge is 0.319 e. The average Bonchev–Trinajstić information content (AvgIpc) is 2.46. The second-order valence-corrected chi connectivity index (χ2v) is 4.49. The molecule has 0 saturated carbocycles. The zero-order valence-corrected chi connectivity index (χ0v) is 11.3. The molecule has 1 aromatic rings. The van der Waals surface area contributed by atoms with Gasteiger partial charge in [0.05, 0.1) is 13.7 Å². The molecule has 1 aromatic carbocycles. The van der Waals surface area contributed by atoms with Crippen molar-refractivity contribution in [2.24, 2.45) is 0 Å². The van der Waals surface area contributed by atoms with Crippen molar-refractivity contribution in [3.05, 3.63) is 17.7 Å². The fourth-order valence-corrected chi connectivity index (χ4v) is 1.88. The van der Waals surface area contributed by atoms with Gasteiger partial charge in [-0.1, -0.05) is 0 Å². The number of alkyl halides is 4. The Morgan fingerprint density at radius 3 is 2.67 bits per heavy atom. The first-order valence-electron chi connectivity index (χ1n) is 6.27. The van der Waals surface area contributed by atoms with Crippen molar-refractivity contribution < 1.29 is 31.8 Å². The summed E-state index contributed by atoms with van der Waals surface area (Å²) < 4.78 is 65.6. The number of ether oxygens (including phenoxy) is 3. The minimum atomic E-state index is -4.06. The molecular formula is C13H15F4NO3. The van der Waals surface area contributed by atoms with Gasteiger partial charge in [-0.25, -0.2) is 8.78 Å². The SMILES string of the molecule is COc1cc(CNCC(F)(F)C(F)F)cc2c1OCCO2. The molecule has 0 radical (unpaired) electrons. The quantitative estimate of drug-likeness (QED) is 0.820. The fraction of sp³-hybridized carbons (Fsp3) is 0.538. The summed E-state index contributed by atoms with van der Waals surface area (Å²) in [6.07, 6.45) is -3.69. The van der Waals surface area contributed by atoms with E-state index >= 15 is 0 Å². The van der Waals surface area contributed by atoms with E-state index in [0.29, 0.717) is 36.0 Å². The van der Waals surface area contributed by atoms with Gasteiger partial charge in [-0.3, -0.25) is 0 Å². The summed E-state index contributed by atoms with van der Waals surface area (Å²) in [6, 6.07) is 3.19. The van der Waals surface area contributed by atoms with Gasteiger partial charge in [0.15, 0.2) is 11.5 Å². The van der Waals surface area contributed by atoms with Crippen LogP contribution in [0.1, 0.15) is 5.56 Å². The molecule has 1 aliphatic heterocycles. The van der Waals surface area contributed by atoms with Crippen LogP contribution < -0.4 is 19.5 Å². The number of hydrogen-bond donors (Lipinski definition) is 1. The van der Waals surface area contributed by atoms with Gasteiger partial charge in [-0.05, 0) is 17.7 Å². The predicted molar refractivity (Wildman–Crippen MR) is 66.6 cm³/mol. The number of benzene rings is 1. The molecule has 1 aliphatic rings. The summed E-state index contributed by atoms with van der Waals surface area (Å²) in [4.78, 5) is 0. The topological polar surface area (TPSA) is 39.7 Å². The zero-order chi connectivity index (χ0) is 15.5. The number of rotatable bonds is 6. The first kappa shape index (κ1) is 15.7. The molecular weight excluding hydrogens is 294 g/mol. The maximum atomic E-state index is 12.8. The van der Waals surface area contributed by atoms with E-state index in [1.165, 1.54) is 7.11 Å². The molecule has 118 valence electrons. The van der Waals surface area contributed by atoms with Crippen LogP contribution in [0.15, 0.2) is 12.1 Å². The minimum Gasteiger partial charge on any atom is -0.493 e. The van der Waals surface area contributed by atoms with Crippen molar-refractivity contribution in [2.45, 2.75) is 18.9 Å². The third kappa shape index (κ3) is 3.69. The van der Waals surface area contributed by atoms with Gasteiger partial charge in [0.25, 0.3) is 0 Å². The fourth-order valence-electron chi connectivity index (χ4n) is 1.88. The molecule has 0 fully saturated rings. The van der Waals surface area contributed by atoms with E-state index in [1.54, 1.807) is 12.1 Å².